The number of halogens is 1. The van der Waals surface area contributed by atoms with Gasteiger partial charge in [-0.1, -0.05) is 15.9 Å². The Bertz CT molecular complexity index is 398. The number of ether oxygens (including phenoxy) is 1. The fourth-order valence-corrected chi connectivity index (χ4v) is 2.00. The second kappa shape index (κ2) is 5.88. The molecule has 1 aromatic carbocycles. The van der Waals surface area contributed by atoms with Gasteiger partial charge in [-0.2, -0.15) is 5.26 Å². The van der Waals surface area contributed by atoms with Crippen molar-refractivity contribution in [2.24, 2.45) is 0 Å². The lowest BCUT2D eigenvalue weighted by Gasteiger charge is -2.24. The number of hydrogen-bond acceptors (Lipinski definition) is 3. The Kier molecular flexibility index (Phi) is 4.78. The van der Waals surface area contributed by atoms with Crippen LogP contribution in [0.4, 0.5) is 0 Å². The lowest BCUT2D eigenvalue weighted by molar-refractivity contribution is 0.292. The summed E-state index contributed by atoms with van der Waals surface area (Å²) < 4.78 is 6.31. The van der Waals surface area contributed by atoms with Gasteiger partial charge in [0.1, 0.15) is 5.75 Å². The highest BCUT2D eigenvalue weighted by atomic mass is 79.9. The summed E-state index contributed by atoms with van der Waals surface area (Å²) >= 11 is 3.44. The molecule has 0 bridgehead atoms. The molecule has 0 aliphatic carbocycles. The molecule has 0 fully saturated rings. The van der Waals surface area contributed by atoms with E-state index >= 15 is 0 Å². The maximum Gasteiger partial charge on any atom is 0.123 e. The van der Waals surface area contributed by atoms with Gasteiger partial charge in [0.05, 0.1) is 25.6 Å². The van der Waals surface area contributed by atoms with Crippen LogP contribution in [0, 0.1) is 11.3 Å². The van der Waals surface area contributed by atoms with Gasteiger partial charge in [-0.15, -0.1) is 0 Å². The molecular formula is C12H15BrN2O. The summed E-state index contributed by atoms with van der Waals surface area (Å²) in [6, 6.07) is 8.10. The molecule has 0 N–H and O–H groups in total. The Labute approximate surface area is 105 Å². The zero-order chi connectivity index (χ0) is 12.1. The monoisotopic (exact) mass is 282 g/mol. The predicted molar refractivity (Wildman–Crippen MR) is 67.4 cm³/mol. The predicted octanol–water partition coefficient (Wildman–Crippen LogP) is 2.97. The van der Waals surface area contributed by atoms with Crippen LogP contribution in [0.1, 0.15) is 18.0 Å². The molecule has 0 heterocycles. The highest BCUT2D eigenvalue weighted by Crippen LogP contribution is 2.32. The van der Waals surface area contributed by atoms with Crippen LogP contribution in [0.25, 0.3) is 0 Å². The van der Waals surface area contributed by atoms with E-state index in [1.165, 1.54) is 0 Å². The van der Waals surface area contributed by atoms with Gasteiger partial charge in [0.15, 0.2) is 0 Å². The summed E-state index contributed by atoms with van der Waals surface area (Å²) in [4.78, 5) is 2.02. The maximum atomic E-state index is 8.85. The topological polar surface area (TPSA) is 36.3 Å². The van der Waals surface area contributed by atoms with Crippen LogP contribution in [0.15, 0.2) is 22.7 Å². The van der Waals surface area contributed by atoms with Gasteiger partial charge in [-0.25, -0.2) is 0 Å². The van der Waals surface area contributed by atoms with Gasteiger partial charge in [-0.3, -0.25) is 0 Å². The normalized spacial score (nSPS) is 12.2. The number of rotatable bonds is 4. The van der Waals surface area contributed by atoms with E-state index in [0.29, 0.717) is 6.42 Å². The van der Waals surface area contributed by atoms with E-state index in [9.17, 15) is 0 Å². The Morgan fingerprint density at radius 1 is 1.50 bits per heavy atom. The van der Waals surface area contributed by atoms with E-state index < -0.39 is 0 Å². The van der Waals surface area contributed by atoms with E-state index in [4.69, 9.17) is 10.00 Å². The van der Waals surface area contributed by atoms with Crippen molar-refractivity contribution in [3.63, 3.8) is 0 Å². The third-order valence-corrected chi connectivity index (χ3v) is 2.95. The first kappa shape index (κ1) is 13.0. The molecule has 1 aromatic rings. The van der Waals surface area contributed by atoms with Crippen LogP contribution < -0.4 is 4.74 Å². The van der Waals surface area contributed by atoms with E-state index in [0.717, 1.165) is 15.8 Å². The largest absolute Gasteiger partial charge is 0.496 e. The Balaban J connectivity index is 3.16. The molecule has 0 aromatic heterocycles. The number of methoxy groups -OCH3 is 1. The first-order chi connectivity index (χ1) is 7.60. The van der Waals surface area contributed by atoms with Crippen LogP contribution >= 0.6 is 15.9 Å². The van der Waals surface area contributed by atoms with Crippen molar-refractivity contribution in [2.45, 2.75) is 12.5 Å². The lowest BCUT2D eigenvalue weighted by Crippen LogP contribution is -2.20. The van der Waals surface area contributed by atoms with Crippen LogP contribution in [0.5, 0.6) is 5.75 Å². The second-order valence-electron chi connectivity index (χ2n) is 3.73. The summed E-state index contributed by atoms with van der Waals surface area (Å²) in [7, 11) is 5.57. The van der Waals surface area contributed by atoms with Gasteiger partial charge in [0.2, 0.25) is 0 Å². The Hall–Kier alpha value is -1.05. The van der Waals surface area contributed by atoms with Crippen molar-refractivity contribution < 1.29 is 4.74 Å². The first-order valence-corrected chi connectivity index (χ1v) is 5.76. The average Bonchev–Trinajstić information content (AvgIpc) is 2.25. The van der Waals surface area contributed by atoms with Crippen LogP contribution in [0.2, 0.25) is 0 Å². The van der Waals surface area contributed by atoms with Crippen LogP contribution in [-0.2, 0) is 0 Å². The van der Waals surface area contributed by atoms with Gasteiger partial charge in [0, 0.05) is 10.0 Å². The summed E-state index contributed by atoms with van der Waals surface area (Å²) in [6.45, 7) is 0. The minimum absolute atomic E-state index is 0.0532. The van der Waals surface area contributed by atoms with Crippen molar-refractivity contribution in [1.82, 2.24) is 4.90 Å². The minimum atomic E-state index is 0.0532. The molecule has 0 radical (unpaired) electrons. The molecular weight excluding hydrogens is 268 g/mol. The summed E-state index contributed by atoms with van der Waals surface area (Å²) in [6.07, 6.45) is 0.444. The van der Waals surface area contributed by atoms with Crippen molar-refractivity contribution in [3.05, 3.63) is 28.2 Å². The number of nitrogens with zero attached hydrogens (tertiary/aromatic N) is 2. The molecule has 86 valence electrons. The number of benzene rings is 1. The molecule has 0 aliphatic heterocycles. The molecule has 0 saturated heterocycles. The average molecular weight is 283 g/mol. The number of nitriles is 1. The lowest BCUT2D eigenvalue weighted by atomic mass is 10.0. The molecule has 1 unspecified atom stereocenters. The van der Waals surface area contributed by atoms with Gasteiger partial charge < -0.3 is 9.64 Å². The molecule has 4 heteroatoms. The van der Waals surface area contributed by atoms with Crippen LogP contribution in [0.3, 0.4) is 0 Å². The molecule has 1 atom stereocenters. The third kappa shape index (κ3) is 2.97. The van der Waals surface area contributed by atoms with E-state index in [1.54, 1.807) is 7.11 Å². The fraction of sp³-hybridized carbons (Fsp3) is 0.417. The quantitative estimate of drug-likeness (QED) is 0.852. The summed E-state index contributed by atoms with van der Waals surface area (Å²) in [5.74, 6) is 0.817. The highest BCUT2D eigenvalue weighted by Gasteiger charge is 2.18. The molecule has 0 amide bonds. The van der Waals surface area contributed by atoms with Crippen molar-refractivity contribution >= 4 is 15.9 Å². The van der Waals surface area contributed by atoms with Gasteiger partial charge in [0.25, 0.3) is 0 Å². The molecule has 3 nitrogen and oxygen atoms in total. The Morgan fingerprint density at radius 2 is 2.19 bits per heavy atom. The van der Waals surface area contributed by atoms with Crippen LogP contribution in [-0.4, -0.2) is 26.1 Å². The molecule has 0 aliphatic rings. The van der Waals surface area contributed by atoms with Gasteiger partial charge >= 0.3 is 0 Å². The van der Waals surface area contributed by atoms with Crippen molar-refractivity contribution in [2.75, 3.05) is 21.2 Å². The summed E-state index contributed by atoms with van der Waals surface area (Å²) in [5, 5.41) is 8.85. The molecule has 1 rings (SSSR count). The van der Waals surface area contributed by atoms with Crippen molar-refractivity contribution in [3.8, 4) is 11.8 Å². The highest BCUT2D eigenvalue weighted by molar-refractivity contribution is 9.10. The second-order valence-corrected chi connectivity index (χ2v) is 4.64. The molecule has 16 heavy (non-hydrogen) atoms. The smallest absolute Gasteiger partial charge is 0.123 e. The summed E-state index contributed by atoms with van der Waals surface area (Å²) in [5.41, 5.74) is 1.03. The van der Waals surface area contributed by atoms with E-state index in [2.05, 4.69) is 22.0 Å². The Morgan fingerprint density at radius 3 is 2.69 bits per heavy atom. The van der Waals surface area contributed by atoms with Gasteiger partial charge in [-0.05, 0) is 32.3 Å². The first-order valence-electron chi connectivity index (χ1n) is 4.97. The van der Waals surface area contributed by atoms with E-state index in [-0.39, 0.29) is 6.04 Å². The third-order valence-electron chi connectivity index (χ3n) is 2.46. The SMILES string of the molecule is COc1ccc(Br)cc1C(CC#N)N(C)C. The number of hydrogen-bond donors (Lipinski definition) is 0. The maximum absolute atomic E-state index is 8.85. The van der Waals surface area contributed by atoms with Crippen molar-refractivity contribution in [1.29, 1.82) is 5.26 Å². The standard InChI is InChI=1S/C12H15BrN2O/c1-15(2)11(6-7-14)10-8-9(13)4-5-12(10)16-3/h4-5,8,11H,6H2,1-3H3. The minimum Gasteiger partial charge on any atom is -0.496 e. The zero-order valence-corrected chi connectivity index (χ0v) is 11.3. The zero-order valence-electron chi connectivity index (χ0n) is 9.70. The molecule has 0 spiro atoms. The fourth-order valence-electron chi connectivity index (χ4n) is 1.62. The van der Waals surface area contributed by atoms with E-state index in [1.807, 2.05) is 37.2 Å². The molecule has 0 saturated carbocycles.